The van der Waals surface area contributed by atoms with Gasteiger partial charge in [-0.1, -0.05) is 11.6 Å². The van der Waals surface area contributed by atoms with Gasteiger partial charge in [0, 0.05) is 29.4 Å². The Morgan fingerprint density at radius 2 is 1.95 bits per heavy atom. The largest absolute Gasteiger partial charge is 0.453 e. The summed E-state index contributed by atoms with van der Waals surface area (Å²) in [5.74, 6) is 1.02. The Labute approximate surface area is 116 Å². The molecule has 0 unspecified atom stereocenters. The summed E-state index contributed by atoms with van der Waals surface area (Å²) in [7, 11) is 0. The van der Waals surface area contributed by atoms with Gasteiger partial charge < -0.3 is 9.32 Å². The number of aldehydes is 1. The molecular formula is C15H14ClNO2. The summed E-state index contributed by atoms with van der Waals surface area (Å²) in [4.78, 5) is 13.1. The van der Waals surface area contributed by atoms with Crippen LogP contribution in [0.25, 0.3) is 11.3 Å². The highest BCUT2D eigenvalue weighted by Crippen LogP contribution is 2.35. The van der Waals surface area contributed by atoms with Crippen molar-refractivity contribution in [3.05, 3.63) is 41.1 Å². The van der Waals surface area contributed by atoms with Gasteiger partial charge in [-0.05, 0) is 43.2 Å². The van der Waals surface area contributed by atoms with Crippen LogP contribution in [-0.2, 0) is 0 Å². The molecule has 3 nitrogen and oxygen atoms in total. The molecule has 0 bridgehead atoms. The molecule has 2 heterocycles. The van der Waals surface area contributed by atoms with E-state index in [9.17, 15) is 4.79 Å². The fraction of sp³-hybridized carbons (Fsp3) is 0.267. The number of carbonyl (C=O) groups excluding carboxylic acids is 1. The lowest BCUT2D eigenvalue weighted by Crippen LogP contribution is -2.18. The van der Waals surface area contributed by atoms with Crippen molar-refractivity contribution in [2.24, 2.45) is 0 Å². The van der Waals surface area contributed by atoms with Crippen LogP contribution in [0, 0.1) is 0 Å². The molecule has 0 N–H and O–H groups in total. The number of hydrogen-bond donors (Lipinski definition) is 0. The Balaban J connectivity index is 2.07. The maximum atomic E-state index is 10.7. The number of rotatable bonds is 3. The van der Waals surface area contributed by atoms with Crippen LogP contribution in [0.3, 0.4) is 0 Å². The smallest absolute Gasteiger partial charge is 0.185 e. The molecule has 0 aliphatic carbocycles. The standard InChI is InChI=1S/C15H14ClNO2/c16-11-3-5-14(17-7-1-2-8-17)13(9-11)15-6-4-12(10-18)19-15/h3-6,9-10H,1-2,7-8H2. The molecule has 0 saturated carbocycles. The summed E-state index contributed by atoms with van der Waals surface area (Å²) in [6.45, 7) is 2.10. The predicted octanol–water partition coefficient (Wildman–Crippen LogP) is 4.01. The van der Waals surface area contributed by atoms with Crippen LogP contribution in [0.4, 0.5) is 5.69 Å². The van der Waals surface area contributed by atoms with Gasteiger partial charge in [0.25, 0.3) is 0 Å². The third-order valence-electron chi connectivity index (χ3n) is 3.41. The molecule has 1 fully saturated rings. The lowest BCUT2D eigenvalue weighted by Gasteiger charge is -2.20. The fourth-order valence-corrected chi connectivity index (χ4v) is 2.67. The van der Waals surface area contributed by atoms with Gasteiger partial charge in [0.2, 0.25) is 0 Å². The molecule has 1 aliphatic heterocycles. The number of hydrogen-bond acceptors (Lipinski definition) is 3. The van der Waals surface area contributed by atoms with Crippen molar-refractivity contribution in [2.75, 3.05) is 18.0 Å². The number of benzene rings is 1. The second kappa shape index (κ2) is 5.10. The molecular weight excluding hydrogens is 262 g/mol. The van der Waals surface area contributed by atoms with Crippen LogP contribution >= 0.6 is 11.6 Å². The van der Waals surface area contributed by atoms with Gasteiger partial charge >= 0.3 is 0 Å². The van der Waals surface area contributed by atoms with Crippen LogP contribution in [0.1, 0.15) is 23.4 Å². The summed E-state index contributed by atoms with van der Waals surface area (Å²) in [6.07, 6.45) is 3.13. The van der Waals surface area contributed by atoms with E-state index in [-0.39, 0.29) is 0 Å². The topological polar surface area (TPSA) is 33.5 Å². The van der Waals surface area contributed by atoms with Gasteiger partial charge in [-0.3, -0.25) is 4.79 Å². The maximum Gasteiger partial charge on any atom is 0.185 e. The molecule has 0 radical (unpaired) electrons. The molecule has 1 saturated heterocycles. The van der Waals surface area contributed by atoms with Crippen LogP contribution in [-0.4, -0.2) is 19.4 Å². The summed E-state index contributed by atoms with van der Waals surface area (Å²) in [5.41, 5.74) is 2.07. The van der Waals surface area contributed by atoms with E-state index in [1.165, 1.54) is 12.8 Å². The zero-order valence-corrected chi connectivity index (χ0v) is 11.2. The van der Waals surface area contributed by atoms with Crippen LogP contribution in [0.2, 0.25) is 5.02 Å². The molecule has 3 rings (SSSR count). The van der Waals surface area contributed by atoms with Crippen molar-refractivity contribution < 1.29 is 9.21 Å². The Kier molecular flexibility index (Phi) is 3.30. The second-order valence-corrected chi connectivity index (χ2v) is 5.11. The number of halogens is 1. The SMILES string of the molecule is O=Cc1ccc(-c2cc(Cl)ccc2N2CCCC2)o1. The Hall–Kier alpha value is -1.74. The van der Waals surface area contributed by atoms with Crippen LogP contribution < -0.4 is 4.90 Å². The van der Waals surface area contributed by atoms with Crippen molar-refractivity contribution in [3.8, 4) is 11.3 Å². The van der Waals surface area contributed by atoms with Crippen molar-refractivity contribution in [1.29, 1.82) is 0 Å². The zero-order chi connectivity index (χ0) is 13.2. The van der Waals surface area contributed by atoms with Gasteiger partial charge in [0.1, 0.15) is 5.76 Å². The maximum absolute atomic E-state index is 10.7. The average molecular weight is 276 g/mol. The van der Waals surface area contributed by atoms with Gasteiger partial charge in [0.05, 0.1) is 0 Å². The van der Waals surface area contributed by atoms with E-state index < -0.39 is 0 Å². The minimum Gasteiger partial charge on any atom is -0.453 e. The highest BCUT2D eigenvalue weighted by Gasteiger charge is 2.18. The molecule has 1 aromatic heterocycles. The Bertz CT molecular complexity index is 600. The molecule has 19 heavy (non-hydrogen) atoms. The third-order valence-corrected chi connectivity index (χ3v) is 3.65. The first-order valence-electron chi connectivity index (χ1n) is 6.38. The van der Waals surface area contributed by atoms with Crippen molar-refractivity contribution in [3.63, 3.8) is 0 Å². The van der Waals surface area contributed by atoms with Gasteiger partial charge in [-0.25, -0.2) is 0 Å². The molecule has 4 heteroatoms. The number of furan rings is 1. The van der Waals surface area contributed by atoms with E-state index in [0.29, 0.717) is 22.8 Å². The van der Waals surface area contributed by atoms with Gasteiger partial charge in [0.15, 0.2) is 12.0 Å². The molecule has 1 aliphatic rings. The first-order valence-corrected chi connectivity index (χ1v) is 6.75. The lowest BCUT2D eigenvalue weighted by molar-refractivity contribution is 0.110. The van der Waals surface area contributed by atoms with Gasteiger partial charge in [-0.2, -0.15) is 0 Å². The number of nitrogens with zero attached hydrogens (tertiary/aromatic N) is 1. The van der Waals surface area contributed by atoms with Crippen molar-refractivity contribution in [1.82, 2.24) is 0 Å². The Morgan fingerprint density at radius 3 is 2.63 bits per heavy atom. The minimum atomic E-state index is 0.336. The highest BCUT2D eigenvalue weighted by atomic mass is 35.5. The van der Waals surface area contributed by atoms with Gasteiger partial charge in [-0.15, -0.1) is 0 Å². The predicted molar refractivity (Wildman–Crippen MR) is 76.0 cm³/mol. The molecule has 0 atom stereocenters. The fourth-order valence-electron chi connectivity index (χ4n) is 2.50. The quantitative estimate of drug-likeness (QED) is 0.794. The molecule has 0 amide bonds. The number of anilines is 1. The normalized spacial score (nSPS) is 14.9. The average Bonchev–Trinajstić information content (AvgIpc) is 3.10. The van der Waals surface area contributed by atoms with E-state index >= 15 is 0 Å². The van der Waals surface area contributed by atoms with Crippen LogP contribution in [0.5, 0.6) is 0 Å². The zero-order valence-electron chi connectivity index (χ0n) is 10.4. The third kappa shape index (κ3) is 2.38. The van der Waals surface area contributed by atoms with E-state index in [2.05, 4.69) is 4.90 Å². The summed E-state index contributed by atoms with van der Waals surface area (Å²) < 4.78 is 5.52. The summed E-state index contributed by atoms with van der Waals surface area (Å²) >= 11 is 6.08. The Morgan fingerprint density at radius 1 is 1.16 bits per heavy atom. The van der Waals surface area contributed by atoms with Crippen molar-refractivity contribution in [2.45, 2.75) is 12.8 Å². The summed E-state index contributed by atoms with van der Waals surface area (Å²) in [5, 5.41) is 0.669. The second-order valence-electron chi connectivity index (χ2n) is 4.68. The van der Waals surface area contributed by atoms with E-state index in [4.69, 9.17) is 16.0 Å². The van der Waals surface area contributed by atoms with E-state index in [0.717, 1.165) is 24.3 Å². The minimum absolute atomic E-state index is 0.336. The van der Waals surface area contributed by atoms with E-state index in [1.54, 1.807) is 6.07 Å². The lowest BCUT2D eigenvalue weighted by atomic mass is 10.1. The van der Waals surface area contributed by atoms with Crippen molar-refractivity contribution >= 4 is 23.6 Å². The number of carbonyl (C=O) groups is 1. The first-order chi connectivity index (χ1) is 9.28. The van der Waals surface area contributed by atoms with Crippen LogP contribution in [0.15, 0.2) is 34.7 Å². The molecule has 98 valence electrons. The summed E-state index contributed by atoms with van der Waals surface area (Å²) in [6, 6.07) is 9.29. The first kappa shape index (κ1) is 12.3. The molecule has 2 aromatic rings. The monoisotopic (exact) mass is 275 g/mol. The van der Waals surface area contributed by atoms with E-state index in [1.807, 2.05) is 24.3 Å². The highest BCUT2D eigenvalue weighted by molar-refractivity contribution is 6.31. The molecule has 0 spiro atoms. The molecule has 1 aromatic carbocycles.